The lowest BCUT2D eigenvalue weighted by Gasteiger charge is -2.33. The Balaban J connectivity index is 1.68. The first-order chi connectivity index (χ1) is 10.9. The van der Waals surface area contributed by atoms with Gasteiger partial charge in [-0.05, 0) is 42.6 Å². The number of benzene rings is 2. The molecule has 3 nitrogen and oxygen atoms in total. The molecule has 3 heteroatoms. The van der Waals surface area contributed by atoms with E-state index in [9.17, 15) is 0 Å². The molecular formula is C19H20N2O. The molecular weight excluding hydrogens is 272 g/mol. The van der Waals surface area contributed by atoms with E-state index >= 15 is 0 Å². The Bertz CT molecular complexity index is 648. The van der Waals surface area contributed by atoms with Gasteiger partial charge in [0.15, 0.2) is 0 Å². The number of piperidine rings is 1. The smallest absolute Gasteiger partial charge is 0.0991 e. The van der Waals surface area contributed by atoms with Crippen molar-refractivity contribution < 1.29 is 4.74 Å². The number of ether oxygens (including phenoxy) is 1. The van der Waals surface area contributed by atoms with Gasteiger partial charge in [-0.2, -0.15) is 5.26 Å². The van der Waals surface area contributed by atoms with Gasteiger partial charge in [-0.25, -0.2) is 0 Å². The summed E-state index contributed by atoms with van der Waals surface area (Å²) in [4.78, 5) is 0. The first kappa shape index (κ1) is 14.8. The van der Waals surface area contributed by atoms with E-state index in [1.165, 1.54) is 5.56 Å². The number of nitrogens with zero attached hydrogens (tertiary/aromatic N) is 1. The van der Waals surface area contributed by atoms with Gasteiger partial charge in [-0.15, -0.1) is 0 Å². The van der Waals surface area contributed by atoms with Crippen molar-refractivity contribution in [3.05, 3.63) is 71.3 Å². The van der Waals surface area contributed by atoms with Gasteiger partial charge in [-0.3, -0.25) is 0 Å². The molecule has 2 atom stereocenters. The Morgan fingerprint density at radius 3 is 2.82 bits per heavy atom. The fourth-order valence-electron chi connectivity index (χ4n) is 2.97. The lowest BCUT2D eigenvalue weighted by Crippen LogP contribution is -2.39. The Labute approximate surface area is 131 Å². The fraction of sp³-hybridized carbons (Fsp3) is 0.316. The van der Waals surface area contributed by atoms with Gasteiger partial charge in [0.2, 0.25) is 0 Å². The predicted molar refractivity (Wildman–Crippen MR) is 86.2 cm³/mol. The molecule has 3 rings (SSSR count). The molecule has 0 aromatic heterocycles. The molecule has 1 aliphatic rings. The molecule has 1 N–H and O–H groups in total. The predicted octanol–water partition coefficient (Wildman–Crippen LogP) is 3.57. The minimum absolute atomic E-state index is 0.168. The minimum Gasteiger partial charge on any atom is -0.372 e. The molecule has 22 heavy (non-hydrogen) atoms. The van der Waals surface area contributed by atoms with Crippen molar-refractivity contribution in [2.75, 3.05) is 6.54 Å². The monoisotopic (exact) mass is 292 g/mol. The van der Waals surface area contributed by atoms with Crippen molar-refractivity contribution in [1.29, 1.82) is 5.26 Å². The first-order valence-corrected chi connectivity index (χ1v) is 7.76. The SMILES string of the molecule is N#Cc1cccc(COC2CCCNC2c2ccccc2)c1. The molecule has 0 aliphatic carbocycles. The summed E-state index contributed by atoms with van der Waals surface area (Å²) in [6, 6.07) is 20.5. The van der Waals surface area contributed by atoms with E-state index in [1.807, 2.05) is 30.3 Å². The normalized spacial score (nSPS) is 21.2. The van der Waals surface area contributed by atoms with E-state index in [1.54, 1.807) is 0 Å². The third kappa shape index (κ3) is 3.54. The van der Waals surface area contributed by atoms with Crippen LogP contribution >= 0.6 is 0 Å². The van der Waals surface area contributed by atoms with Crippen molar-refractivity contribution in [3.63, 3.8) is 0 Å². The Hall–Kier alpha value is -2.15. The molecule has 1 heterocycles. The maximum Gasteiger partial charge on any atom is 0.0991 e. The molecule has 2 aromatic carbocycles. The lowest BCUT2D eigenvalue weighted by molar-refractivity contribution is -0.00357. The number of rotatable bonds is 4. The van der Waals surface area contributed by atoms with Crippen LogP contribution in [0.2, 0.25) is 0 Å². The highest BCUT2D eigenvalue weighted by atomic mass is 16.5. The summed E-state index contributed by atoms with van der Waals surface area (Å²) in [7, 11) is 0. The van der Waals surface area contributed by atoms with Crippen LogP contribution in [-0.2, 0) is 11.3 Å². The lowest BCUT2D eigenvalue weighted by atomic mass is 9.94. The largest absolute Gasteiger partial charge is 0.372 e. The van der Waals surface area contributed by atoms with Crippen molar-refractivity contribution in [2.24, 2.45) is 0 Å². The summed E-state index contributed by atoms with van der Waals surface area (Å²) >= 11 is 0. The number of hydrogen-bond donors (Lipinski definition) is 1. The molecule has 0 saturated carbocycles. The minimum atomic E-state index is 0.168. The molecule has 1 aliphatic heterocycles. The topological polar surface area (TPSA) is 45.0 Å². The van der Waals surface area contributed by atoms with Crippen LogP contribution < -0.4 is 5.32 Å². The zero-order chi connectivity index (χ0) is 15.2. The second kappa shape index (κ2) is 7.22. The first-order valence-electron chi connectivity index (χ1n) is 7.76. The zero-order valence-electron chi connectivity index (χ0n) is 12.5. The van der Waals surface area contributed by atoms with Crippen LogP contribution in [0.1, 0.15) is 35.6 Å². The molecule has 2 unspecified atom stereocenters. The molecule has 0 amide bonds. The van der Waals surface area contributed by atoms with Gasteiger partial charge in [0.25, 0.3) is 0 Å². The summed E-state index contributed by atoms with van der Waals surface area (Å²) in [6.07, 6.45) is 2.36. The van der Waals surface area contributed by atoms with Crippen LogP contribution in [0.4, 0.5) is 0 Å². The Kier molecular flexibility index (Phi) is 4.85. The summed E-state index contributed by atoms with van der Waals surface area (Å²) in [5.74, 6) is 0. The van der Waals surface area contributed by atoms with Crippen LogP contribution in [0, 0.1) is 11.3 Å². The van der Waals surface area contributed by atoms with E-state index in [2.05, 4.69) is 35.7 Å². The van der Waals surface area contributed by atoms with Gasteiger partial charge in [0.1, 0.15) is 0 Å². The number of nitriles is 1. The highest BCUT2D eigenvalue weighted by Crippen LogP contribution is 2.26. The van der Waals surface area contributed by atoms with Gasteiger partial charge in [-0.1, -0.05) is 42.5 Å². The molecule has 112 valence electrons. The van der Waals surface area contributed by atoms with E-state index in [-0.39, 0.29) is 12.1 Å². The van der Waals surface area contributed by atoms with E-state index in [0.29, 0.717) is 12.2 Å². The summed E-state index contributed by atoms with van der Waals surface area (Å²) in [5, 5.41) is 12.5. The molecule has 0 spiro atoms. The van der Waals surface area contributed by atoms with Crippen molar-refractivity contribution in [2.45, 2.75) is 31.6 Å². The summed E-state index contributed by atoms with van der Waals surface area (Å²) < 4.78 is 6.16. The third-order valence-electron chi connectivity index (χ3n) is 4.08. The van der Waals surface area contributed by atoms with Crippen LogP contribution in [0.3, 0.4) is 0 Å². The fourth-order valence-corrected chi connectivity index (χ4v) is 2.97. The van der Waals surface area contributed by atoms with Gasteiger partial charge in [0, 0.05) is 0 Å². The molecule has 1 saturated heterocycles. The van der Waals surface area contributed by atoms with E-state index < -0.39 is 0 Å². The summed E-state index contributed by atoms with van der Waals surface area (Å²) in [5.41, 5.74) is 3.01. The highest BCUT2D eigenvalue weighted by Gasteiger charge is 2.26. The molecule has 2 aromatic rings. The summed E-state index contributed by atoms with van der Waals surface area (Å²) in [6.45, 7) is 1.58. The molecule has 0 bridgehead atoms. The standard InChI is InChI=1S/C19H20N2O/c20-13-15-6-4-7-16(12-15)14-22-18-10-5-11-21-19(18)17-8-2-1-3-9-17/h1-4,6-9,12,18-19,21H,5,10-11,14H2. The van der Waals surface area contributed by atoms with E-state index in [0.717, 1.165) is 24.9 Å². The average Bonchev–Trinajstić information content (AvgIpc) is 2.61. The van der Waals surface area contributed by atoms with Gasteiger partial charge < -0.3 is 10.1 Å². The molecule has 1 fully saturated rings. The van der Waals surface area contributed by atoms with Crippen LogP contribution in [0.5, 0.6) is 0 Å². The van der Waals surface area contributed by atoms with Crippen molar-refractivity contribution in [3.8, 4) is 6.07 Å². The molecule has 0 radical (unpaired) electrons. The Morgan fingerprint density at radius 2 is 2.00 bits per heavy atom. The third-order valence-corrected chi connectivity index (χ3v) is 4.08. The van der Waals surface area contributed by atoms with Crippen LogP contribution in [0.25, 0.3) is 0 Å². The highest BCUT2D eigenvalue weighted by molar-refractivity contribution is 5.32. The quantitative estimate of drug-likeness (QED) is 0.937. The zero-order valence-corrected chi connectivity index (χ0v) is 12.5. The number of hydrogen-bond acceptors (Lipinski definition) is 3. The van der Waals surface area contributed by atoms with Crippen molar-refractivity contribution >= 4 is 0 Å². The van der Waals surface area contributed by atoms with Gasteiger partial charge in [0.05, 0.1) is 30.4 Å². The van der Waals surface area contributed by atoms with Crippen LogP contribution in [-0.4, -0.2) is 12.6 Å². The second-order valence-corrected chi connectivity index (χ2v) is 5.65. The maximum absolute atomic E-state index is 8.97. The maximum atomic E-state index is 8.97. The number of nitrogens with one attached hydrogen (secondary N) is 1. The van der Waals surface area contributed by atoms with Crippen molar-refractivity contribution in [1.82, 2.24) is 5.32 Å². The van der Waals surface area contributed by atoms with E-state index in [4.69, 9.17) is 10.00 Å². The van der Waals surface area contributed by atoms with Crippen LogP contribution in [0.15, 0.2) is 54.6 Å². The second-order valence-electron chi connectivity index (χ2n) is 5.65. The van der Waals surface area contributed by atoms with Gasteiger partial charge >= 0.3 is 0 Å². The Morgan fingerprint density at radius 1 is 1.14 bits per heavy atom. The average molecular weight is 292 g/mol.